The first kappa shape index (κ1) is 17.7. The zero-order valence-electron chi connectivity index (χ0n) is 8.87. The molecule has 0 aromatic rings. The van der Waals surface area contributed by atoms with E-state index in [1.807, 2.05) is 0 Å². The molecular weight excluding hydrogens is 333 g/mol. The largest absolute Gasteiger partial charge is 0.192 e. The molecule has 0 aromatic heterocycles. The quantitative estimate of drug-likeness (QED) is 0.364. The molecule has 0 aromatic carbocycles. The Hall–Kier alpha value is 1.74. The van der Waals surface area contributed by atoms with Crippen LogP contribution >= 0.6 is 69.6 Å². The minimum Gasteiger partial charge on any atom is -0.125 e. The van der Waals surface area contributed by atoms with Crippen LogP contribution in [0.2, 0.25) is 0 Å². The van der Waals surface area contributed by atoms with Gasteiger partial charge in [-0.2, -0.15) is 0 Å². The first-order valence-corrected chi connectivity index (χ1v) is 7.80. The van der Waals surface area contributed by atoms with E-state index in [9.17, 15) is 0 Å². The normalized spacial score (nSPS) is 16.1. The van der Waals surface area contributed by atoms with Crippen LogP contribution in [-0.2, 0) is 0 Å². The van der Waals surface area contributed by atoms with E-state index >= 15 is 0 Å². The second kappa shape index (κ2) is 9.64. The first-order chi connectivity index (χ1) is 7.35. The Balaban J connectivity index is 3.38. The van der Waals surface area contributed by atoms with Crippen LogP contribution in [0.5, 0.6) is 0 Å². The lowest BCUT2D eigenvalue weighted by molar-refractivity contribution is 0.585. The minimum absolute atomic E-state index is 0.0766. The highest BCUT2D eigenvalue weighted by Gasteiger charge is 2.23. The lowest BCUT2D eigenvalue weighted by Crippen LogP contribution is -2.11. The van der Waals surface area contributed by atoms with Crippen molar-refractivity contribution < 1.29 is 0 Å². The molecule has 0 fully saturated rings. The second-order valence-electron chi connectivity index (χ2n) is 3.81. The number of alkyl halides is 6. The van der Waals surface area contributed by atoms with Gasteiger partial charge in [0.2, 0.25) is 0 Å². The lowest BCUT2D eigenvalue weighted by atomic mass is 10.1. The van der Waals surface area contributed by atoms with Crippen LogP contribution in [0.4, 0.5) is 0 Å². The van der Waals surface area contributed by atoms with Gasteiger partial charge in [0.1, 0.15) is 0 Å². The zero-order chi connectivity index (χ0) is 12.6. The number of halogens is 6. The standard InChI is InChI=1S/C10H16Cl6/c11-7-9(13)5-3-1-2-4-8(12)6-10(14,15)16/h8-9H,1-7H2/t8-,9-/m0/s1. The maximum Gasteiger partial charge on any atom is 0.192 e. The topological polar surface area (TPSA) is 0 Å². The molecule has 0 aliphatic rings. The molecule has 0 amide bonds. The lowest BCUT2D eigenvalue weighted by Gasteiger charge is -2.15. The van der Waals surface area contributed by atoms with Gasteiger partial charge in [-0.15, -0.1) is 34.8 Å². The van der Waals surface area contributed by atoms with E-state index in [1.54, 1.807) is 0 Å². The van der Waals surface area contributed by atoms with Gasteiger partial charge in [-0.3, -0.25) is 0 Å². The van der Waals surface area contributed by atoms with Crippen molar-refractivity contribution in [2.24, 2.45) is 0 Å². The molecule has 0 spiro atoms. The fourth-order valence-electron chi connectivity index (χ4n) is 1.34. The highest BCUT2D eigenvalue weighted by Crippen LogP contribution is 2.34. The summed E-state index contributed by atoms with van der Waals surface area (Å²) >= 11 is 34.4. The third-order valence-corrected chi connectivity index (χ3v) is 3.89. The van der Waals surface area contributed by atoms with Crippen molar-refractivity contribution in [3.8, 4) is 0 Å². The Bertz CT molecular complexity index is 167. The average Bonchev–Trinajstić information content (AvgIpc) is 2.14. The van der Waals surface area contributed by atoms with Gasteiger partial charge in [-0.25, -0.2) is 0 Å². The van der Waals surface area contributed by atoms with Gasteiger partial charge in [0.25, 0.3) is 0 Å². The molecule has 0 aliphatic heterocycles. The molecule has 0 heterocycles. The number of rotatable bonds is 8. The van der Waals surface area contributed by atoms with Gasteiger partial charge in [0, 0.05) is 23.1 Å². The van der Waals surface area contributed by atoms with E-state index in [1.165, 1.54) is 0 Å². The van der Waals surface area contributed by atoms with Crippen LogP contribution in [0, 0.1) is 0 Å². The first-order valence-electron chi connectivity index (χ1n) is 5.26. The third kappa shape index (κ3) is 12.2. The molecular formula is C10H16Cl6. The van der Waals surface area contributed by atoms with Gasteiger partial charge in [-0.1, -0.05) is 54.1 Å². The predicted molar refractivity (Wildman–Crippen MR) is 78.0 cm³/mol. The Labute approximate surface area is 128 Å². The molecule has 0 bridgehead atoms. The van der Waals surface area contributed by atoms with Gasteiger partial charge >= 0.3 is 0 Å². The molecule has 6 heteroatoms. The molecule has 16 heavy (non-hydrogen) atoms. The molecule has 98 valence electrons. The van der Waals surface area contributed by atoms with Crippen molar-refractivity contribution in [3.05, 3.63) is 0 Å². The van der Waals surface area contributed by atoms with Crippen LogP contribution in [0.25, 0.3) is 0 Å². The van der Waals surface area contributed by atoms with Gasteiger partial charge < -0.3 is 0 Å². The summed E-state index contributed by atoms with van der Waals surface area (Å²) in [6.07, 6.45) is 5.38. The fourth-order valence-corrected chi connectivity index (χ4v) is 2.83. The maximum atomic E-state index is 6.03. The van der Waals surface area contributed by atoms with Crippen molar-refractivity contribution in [1.29, 1.82) is 0 Å². The van der Waals surface area contributed by atoms with Gasteiger partial charge in [0.15, 0.2) is 3.79 Å². The van der Waals surface area contributed by atoms with Crippen molar-refractivity contribution >= 4 is 69.6 Å². The molecule has 0 radical (unpaired) electrons. The molecule has 0 saturated heterocycles. The van der Waals surface area contributed by atoms with E-state index in [-0.39, 0.29) is 10.8 Å². The number of hydrogen-bond acceptors (Lipinski definition) is 0. The summed E-state index contributed by atoms with van der Waals surface area (Å²) in [6, 6.07) is 0. The molecule has 0 saturated carbocycles. The fraction of sp³-hybridized carbons (Fsp3) is 1.00. The molecule has 0 nitrogen and oxygen atoms in total. The molecule has 0 rings (SSSR count). The maximum absolute atomic E-state index is 6.03. The van der Waals surface area contributed by atoms with Gasteiger partial charge in [-0.05, 0) is 12.8 Å². The van der Waals surface area contributed by atoms with Crippen molar-refractivity contribution in [1.82, 2.24) is 0 Å². The number of hydrogen-bond donors (Lipinski definition) is 0. The van der Waals surface area contributed by atoms with Crippen molar-refractivity contribution in [2.75, 3.05) is 5.88 Å². The highest BCUT2D eigenvalue weighted by atomic mass is 35.6. The van der Waals surface area contributed by atoms with Crippen molar-refractivity contribution in [2.45, 2.75) is 53.1 Å². The Morgan fingerprint density at radius 3 is 1.75 bits per heavy atom. The van der Waals surface area contributed by atoms with E-state index < -0.39 is 3.79 Å². The summed E-state index contributed by atoms with van der Waals surface area (Å²) in [5.41, 5.74) is 0. The second-order valence-corrected chi connectivity index (χ2v) is 7.87. The summed E-state index contributed by atoms with van der Waals surface area (Å²) in [4.78, 5) is 0. The van der Waals surface area contributed by atoms with Crippen LogP contribution in [0.1, 0.15) is 38.5 Å². The predicted octanol–water partition coefficient (Wildman–Crippen LogP) is 6.15. The summed E-state index contributed by atoms with van der Waals surface area (Å²) in [6.45, 7) is 0. The molecule has 2 atom stereocenters. The van der Waals surface area contributed by atoms with E-state index in [2.05, 4.69) is 0 Å². The SMILES string of the molecule is ClC[C@@H](Cl)CCCCC[C@H](Cl)CC(Cl)(Cl)Cl. The third-order valence-electron chi connectivity index (χ3n) is 2.16. The smallest absolute Gasteiger partial charge is 0.125 e. The van der Waals surface area contributed by atoms with Crippen LogP contribution < -0.4 is 0 Å². The van der Waals surface area contributed by atoms with E-state index in [4.69, 9.17) is 69.6 Å². The van der Waals surface area contributed by atoms with Gasteiger partial charge in [0.05, 0.1) is 0 Å². The molecule has 0 unspecified atom stereocenters. The van der Waals surface area contributed by atoms with Crippen LogP contribution in [-0.4, -0.2) is 20.4 Å². The monoisotopic (exact) mass is 346 g/mol. The molecule has 0 aliphatic carbocycles. The summed E-state index contributed by atoms with van der Waals surface area (Å²) in [7, 11) is 0. The highest BCUT2D eigenvalue weighted by molar-refractivity contribution is 6.67. The summed E-state index contributed by atoms with van der Waals surface area (Å²) in [5.74, 6) is 0.507. The van der Waals surface area contributed by atoms with Crippen LogP contribution in [0.15, 0.2) is 0 Å². The van der Waals surface area contributed by atoms with Crippen LogP contribution in [0.3, 0.4) is 0 Å². The summed E-state index contributed by atoms with van der Waals surface area (Å²) in [5, 5.41) is 0.00182. The minimum atomic E-state index is -1.24. The van der Waals surface area contributed by atoms with E-state index in [0.29, 0.717) is 12.3 Å². The van der Waals surface area contributed by atoms with E-state index in [0.717, 1.165) is 32.1 Å². The van der Waals surface area contributed by atoms with Crippen molar-refractivity contribution in [3.63, 3.8) is 0 Å². The number of unbranched alkanes of at least 4 members (excludes halogenated alkanes) is 2. The summed E-state index contributed by atoms with van der Waals surface area (Å²) < 4.78 is -1.24. The average molecular weight is 349 g/mol. The molecule has 0 N–H and O–H groups in total. The Morgan fingerprint density at radius 1 is 0.812 bits per heavy atom. The Morgan fingerprint density at radius 2 is 1.31 bits per heavy atom. The Kier molecular flexibility index (Phi) is 10.7. The zero-order valence-corrected chi connectivity index (χ0v) is 13.4.